The molecule has 27 heavy (non-hydrogen) atoms. The fourth-order valence-electron chi connectivity index (χ4n) is 4.40. The molecule has 1 unspecified atom stereocenters. The van der Waals surface area contributed by atoms with Gasteiger partial charge in [0.15, 0.2) is 12.0 Å². The topological polar surface area (TPSA) is 64.2 Å². The van der Waals surface area contributed by atoms with Gasteiger partial charge in [-0.1, -0.05) is 36.2 Å². The molecule has 4 heterocycles. The predicted octanol–water partition coefficient (Wildman–Crippen LogP) is 3.54. The van der Waals surface area contributed by atoms with Crippen molar-refractivity contribution in [1.29, 1.82) is 0 Å². The maximum absolute atomic E-state index is 6.31. The highest BCUT2D eigenvalue weighted by atomic mass is 35.5. The number of benzene rings is 1. The minimum Gasteiger partial charge on any atom is -0.313 e. The van der Waals surface area contributed by atoms with Crippen LogP contribution in [0.1, 0.15) is 49.2 Å². The number of rotatable bonds is 2. The van der Waals surface area contributed by atoms with Gasteiger partial charge in [0.1, 0.15) is 18.8 Å². The molecule has 0 N–H and O–H groups in total. The summed E-state index contributed by atoms with van der Waals surface area (Å²) in [5.74, 6) is 2.14. The molecule has 1 fully saturated rings. The van der Waals surface area contributed by atoms with Crippen LogP contribution in [0.2, 0.25) is 0 Å². The monoisotopic (exact) mass is 383 g/mol. The summed E-state index contributed by atoms with van der Waals surface area (Å²) in [6.07, 6.45) is 8.22. The quantitative estimate of drug-likeness (QED) is 0.735. The number of para-hydroxylation sites is 1. The Hall–Kier alpha value is -2.74. The van der Waals surface area contributed by atoms with Crippen molar-refractivity contribution in [1.82, 2.24) is 19.6 Å². The highest BCUT2D eigenvalue weighted by Gasteiger charge is 2.45. The fraction of sp³-hybridized carbons (Fsp3) is 0.389. The zero-order chi connectivity index (χ0) is 18.0. The normalized spacial score (nSPS) is 23.7. The smallest absolute Gasteiger partial charge is 0.313 e. The molecule has 9 heteroatoms. The summed E-state index contributed by atoms with van der Waals surface area (Å²) in [7, 11) is 0. The van der Waals surface area contributed by atoms with Crippen molar-refractivity contribution >= 4 is 29.8 Å². The van der Waals surface area contributed by atoms with E-state index in [-0.39, 0.29) is 6.17 Å². The van der Waals surface area contributed by atoms with Crippen LogP contribution in [0, 0.1) is 0 Å². The standard InChI is InChI=1S/C18H18ClN7O/c19-23-9-15-24(11-23)14-8-4-3-7-13(14)17-20-10-25(26(15)17)18-21-16(22-27-18)12-5-1-2-6-12/h3-4,7-10,12,17H,1-2,5-6,11H2. The molecule has 0 amide bonds. The molecular weight excluding hydrogens is 366 g/mol. The Bertz CT molecular complexity index is 951. The molecule has 1 aliphatic carbocycles. The second-order valence-corrected chi connectivity index (χ2v) is 7.69. The van der Waals surface area contributed by atoms with E-state index in [1.54, 1.807) is 10.8 Å². The first kappa shape index (κ1) is 15.3. The first-order valence-electron chi connectivity index (χ1n) is 9.25. The summed E-state index contributed by atoms with van der Waals surface area (Å²) in [5.41, 5.74) is 2.24. The first-order valence-corrected chi connectivity index (χ1v) is 9.59. The average molecular weight is 384 g/mol. The Labute approximate surface area is 161 Å². The summed E-state index contributed by atoms with van der Waals surface area (Å²) < 4.78 is 7.25. The van der Waals surface area contributed by atoms with Gasteiger partial charge in [0.25, 0.3) is 0 Å². The highest BCUT2D eigenvalue weighted by molar-refractivity contribution is 6.14. The number of hydrazine groups is 1. The third-order valence-electron chi connectivity index (χ3n) is 5.68. The van der Waals surface area contributed by atoms with E-state index in [0.29, 0.717) is 18.6 Å². The molecule has 1 atom stereocenters. The van der Waals surface area contributed by atoms with Crippen LogP contribution >= 0.6 is 11.8 Å². The van der Waals surface area contributed by atoms with Crippen LogP contribution in [0.3, 0.4) is 0 Å². The van der Waals surface area contributed by atoms with Gasteiger partial charge in [0.05, 0.1) is 11.9 Å². The van der Waals surface area contributed by atoms with E-state index >= 15 is 0 Å². The van der Waals surface area contributed by atoms with Crippen LogP contribution < -0.4 is 9.91 Å². The van der Waals surface area contributed by atoms with E-state index in [2.05, 4.69) is 32.2 Å². The molecule has 4 aliphatic rings. The van der Waals surface area contributed by atoms with Gasteiger partial charge >= 0.3 is 6.01 Å². The van der Waals surface area contributed by atoms with E-state index in [1.165, 1.54) is 12.8 Å². The van der Waals surface area contributed by atoms with E-state index in [0.717, 1.165) is 35.7 Å². The van der Waals surface area contributed by atoms with Crippen molar-refractivity contribution in [3.63, 3.8) is 0 Å². The third kappa shape index (κ3) is 2.19. The van der Waals surface area contributed by atoms with Gasteiger partial charge in [-0.2, -0.15) is 9.99 Å². The molecule has 1 saturated carbocycles. The van der Waals surface area contributed by atoms with Crippen molar-refractivity contribution < 1.29 is 4.52 Å². The summed E-state index contributed by atoms with van der Waals surface area (Å²) in [5, 5.41) is 8.13. The lowest BCUT2D eigenvalue weighted by molar-refractivity contribution is 0.260. The van der Waals surface area contributed by atoms with Gasteiger partial charge in [-0.15, -0.1) is 0 Å². The molecule has 0 radical (unpaired) electrons. The average Bonchev–Trinajstić information content (AvgIpc) is 3.44. The van der Waals surface area contributed by atoms with E-state index in [1.807, 2.05) is 23.3 Å². The zero-order valence-electron chi connectivity index (χ0n) is 14.6. The summed E-state index contributed by atoms with van der Waals surface area (Å²) >= 11 is 6.31. The van der Waals surface area contributed by atoms with Gasteiger partial charge < -0.3 is 9.42 Å². The maximum Gasteiger partial charge on any atom is 0.348 e. The molecule has 0 saturated heterocycles. The van der Waals surface area contributed by atoms with Gasteiger partial charge in [-0.05, 0) is 18.9 Å². The lowest BCUT2D eigenvalue weighted by atomic mass is 10.1. The largest absolute Gasteiger partial charge is 0.348 e. The number of hydrogen-bond acceptors (Lipinski definition) is 8. The van der Waals surface area contributed by atoms with Crippen molar-refractivity contribution in [3.8, 4) is 0 Å². The summed E-state index contributed by atoms with van der Waals surface area (Å²) in [6.45, 7) is 0.572. The molecule has 138 valence electrons. The molecule has 3 aliphatic heterocycles. The van der Waals surface area contributed by atoms with Crippen LogP contribution in [-0.2, 0) is 0 Å². The molecule has 8 nitrogen and oxygen atoms in total. The number of anilines is 2. The number of nitrogens with zero attached hydrogens (tertiary/aromatic N) is 7. The fourth-order valence-corrected chi connectivity index (χ4v) is 4.59. The minimum atomic E-state index is -0.173. The molecule has 0 spiro atoms. The van der Waals surface area contributed by atoms with Gasteiger partial charge in [0.2, 0.25) is 0 Å². The van der Waals surface area contributed by atoms with E-state index in [4.69, 9.17) is 21.3 Å². The zero-order valence-corrected chi connectivity index (χ0v) is 15.3. The second kappa shape index (κ2) is 5.63. The Morgan fingerprint density at radius 3 is 2.89 bits per heavy atom. The van der Waals surface area contributed by atoms with Crippen molar-refractivity contribution in [2.45, 2.75) is 37.8 Å². The number of fused-ring (bicyclic) bond motifs is 6. The highest BCUT2D eigenvalue weighted by Crippen LogP contribution is 2.46. The van der Waals surface area contributed by atoms with Crippen molar-refractivity contribution in [2.75, 3.05) is 16.6 Å². The summed E-state index contributed by atoms with van der Waals surface area (Å²) in [6, 6.07) is 8.70. The van der Waals surface area contributed by atoms with Gasteiger partial charge in [-0.3, -0.25) is 4.42 Å². The Morgan fingerprint density at radius 1 is 1.15 bits per heavy atom. The van der Waals surface area contributed by atoms with Crippen LogP contribution in [0.4, 0.5) is 11.7 Å². The second-order valence-electron chi connectivity index (χ2n) is 7.26. The third-order valence-corrected chi connectivity index (χ3v) is 5.88. The molecule has 1 aromatic carbocycles. The molecular formula is C18H18ClN7O. The van der Waals surface area contributed by atoms with E-state index in [9.17, 15) is 0 Å². The Kier molecular flexibility index (Phi) is 3.19. The molecule has 2 aromatic rings. The maximum atomic E-state index is 6.31. The lowest BCUT2D eigenvalue weighted by Crippen LogP contribution is -2.46. The van der Waals surface area contributed by atoms with Crippen LogP contribution in [0.5, 0.6) is 0 Å². The summed E-state index contributed by atoms with van der Waals surface area (Å²) in [4.78, 5) is 11.6. The number of aromatic nitrogens is 2. The predicted molar refractivity (Wildman–Crippen MR) is 101 cm³/mol. The van der Waals surface area contributed by atoms with Crippen LogP contribution in [0.25, 0.3) is 0 Å². The molecule has 1 aromatic heterocycles. The van der Waals surface area contributed by atoms with Crippen molar-refractivity contribution in [3.05, 3.63) is 47.7 Å². The first-order chi connectivity index (χ1) is 13.3. The van der Waals surface area contributed by atoms with Crippen LogP contribution in [0.15, 0.2) is 45.8 Å². The van der Waals surface area contributed by atoms with Crippen LogP contribution in [-0.4, -0.2) is 32.6 Å². The Morgan fingerprint density at radius 2 is 2.00 bits per heavy atom. The lowest BCUT2D eigenvalue weighted by Gasteiger charge is -2.41. The minimum absolute atomic E-state index is 0.173. The van der Waals surface area contributed by atoms with E-state index < -0.39 is 0 Å². The van der Waals surface area contributed by atoms with Gasteiger partial charge in [0, 0.05) is 23.3 Å². The SMILES string of the molecule is ClN1C=C2N(C1)c1ccccc1C1N=CN(c3nc(C4CCCC4)no3)N21. The Balaban J connectivity index is 1.40. The number of hydrogen-bond donors (Lipinski definition) is 0. The number of halogens is 1. The molecule has 6 rings (SSSR count). The van der Waals surface area contributed by atoms with Crippen molar-refractivity contribution in [2.24, 2.45) is 4.99 Å². The van der Waals surface area contributed by atoms with Gasteiger partial charge in [-0.25, -0.2) is 10.0 Å². The number of aliphatic imine (C=N–C) groups is 1. The molecule has 0 bridgehead atoms.